The predicted molar refractivity (Wildman–Crippen MR) is 111 cm³/mol. The van der Waals surface area contributed by atoms with Gasteiger partial charge in [-0.2, -0.15) is 0 Å². The second-order valence-corrected chi connectivity index (χ2v) is 10.7. The Bertz CT molecular complexity index is 1090. The van der Waals surface area contributed by atoms with Crippen molar-refractivity contribution in [1.82, 2.24) is 0 Å². The van der Waals surface area contributed by atoms with Gasteiger partial charge in [0, 0.05) is 17.0 Å². The van der Waals surface area contributed by atoms with Gasteiger partial charge >= 0.3 is 0 Å². The maximum absolute atomic E-state index is 13.2. The Morgan fingerprint density at radius 2 is 2.00 bits per heavy atom. The molecular weight excluding hydrogens is 415 g/mol. The molecule has 154 valence electrons. The number of hydrogen-bond donors (Lipinski definition) is 2. The highest BCUT2D eigenvalue weighted by atomic mass is 32.2. The first kappa shape index (κ1) is 21.3. The highest BCUT2D eigenvalue weighted by molar-refractivity contribution is 8.01. The van der Waals surface area contributed by atoms with E-state index >= 15 is 0 Å². The van der Waals surface area contributed by atoms with Crippen LogP contribution in [0.25, 0.3) is 0 Å². The molecule has 0 bridgehead atoms. The first-order valence-corrected chi connectivity index (χ1v) is 11.4. The summed E-state index contributed by atoms with van der Waals surface area (Å²) in [6, 6.07) is 8.53. The van der Waals surface area contributed by atoms with Crippen LogP contribution in [0.1, 0.15) is 25.8 Å². The average Bonchev–Trinajstić information content (AvgIpc) is 2.64. The van der Waals surface area contributed by atoms with Crippen molar-refractivity contribution in [3.05, 3.63) is 47.8 Å². The van der Waals surface area contributed by atoms with Crippen molar-refractivity contribution in [3.63, 3.8) is 0 Å². The van der Waals surface area contributed by atoms with Gasteiger partial charge in [0.1, 0.15) is 5.82 Å². The van der Waals surface area contributed by atoms with Crippen molar-refractivity contribution in [2.24, 2.45) is 0 Å². The maximum atomic E-state index is 13.2. The molecule has 1 aliphatic rings. The molecule has 3 rings (SSSR count). The summed E-state index contributed by atoms with van der Waals surface area (Å²) in [6.45, 7) is 4.89. The number of nitrogens with one attached hydrogen (secondary N) is 2. The first-order valence-electron chi connectivity index (χ1n) is 8.99. The molecule has 0 radical (unpaired) electrons. The number of halogens is 1. The lowest BCUT2D eigenvalue weighted by atomic mass is 10.2. The Balaban J connectivity index is 1.74. The summed E-state index contributed by atoms with van der Waals surface area (Å²) >= 11 is 1.36. The van der Waals surface area contributed by atoms with Crippen LogP contribution in [-0.4, -0.2) is 30.7 Å². The van der Waals surface area contributed by atoms with E-state index in [2.05, 4.69) is 10.6 Å². The average molecular weight is 437 g/mol. The van der Waals surface area contributed by atoms with Crippen molar-refractivity contribution < 1.29 is 22.4 Å². The number of amides is 2. The lowest BCUT2D eigenvalue weighted by Crippen LogP contribution is -2.27. The lowest BCUT2D eigenvalue weighted by Gasteiger charge is -2.22. The monoisotopic (exact) mass is 436 g/mol. The second kappa shape index (κ2) is 8.16. The Labute approximate surface area is 173 Å². The molecular formula is C20H21FN2O4S2. The van der Waals surface area contributed by atoms with Crippen LogP contribution in [-0.2, 0) is 19.4 Å². The van der Waals surface area contributed by atoms with Gasteiger partial charge in [-0.3, -0.25) is 9.59 Å². The SMILES string of the molecule is Cc1cc(F)ccc1NC(=O)C[C@@H](C)S(=O)(=O)c1ccc2c(c1)NC(=O)[C@H](C)S2. The summed E-state index contributed by atoms with van der Waals surface area (Å²) in [4.78, 5) is 25.0. The van der Waals surface area contributed by atoms with Gasteiger partial charge in [-0.05, 0) is 62.7 Å². The van der Waals surface area contributed by atoms with E-state index < -0.39 is 26.8 Å². The molecule has 0 saturated carbocycles. The molecule has 0 saturated heterocycles. The predicted octanol–water partition coefficient (Wildman–Crippen LogP) is 3.76. The topological polar surface area (TPSA) is 92.3 Å². The van der Waals surface area contributed by atoms with Gasteiger partial charge in [0.2, 0.25) is 11.8 Å². The first-order chi connectivity index (χ1) is 13.6. The highest BCUT2D eigenvalue weighted by Crippen LogP contribution is 2.37. The molecule has 0 aromatic heterocycles. The summed E-state index contributed by atoms with van der Waals surface area (Å²) in [7, 11) is -3.79. The Morgan fingerprint density at radius 1 is 1.28 bits per heavy atom. The fourth-order valence-electron chi connectivity index (χ4n) is 2.94. The Kier molecular flexibility index (Phi) is 6.00. The number of thioether (sulfide) groups is 1. The third-order valence-corrected chi connectivity index (χ3v) is 7.99. The molecule has 2 aromatic rings. The standard InChI is InChI=1S/C20H21FN2O4S2/c1-11-8-14(21)4-6-16(11)22-19(24)9-12(2)29(26,27)15-5-7-18-17(10-15)23-20(25)13(3)28-18/h4-8,10,12-13H,9H2,1-3H3,(H,22,24)(H,23,25)/t12-,13+/m1/s1. The molecule has 2 N–H and O–H groups in total. The zero-order chi connectivity index (χ0) is 21.3. The van der Waals surface area contributed by atoms with E-state index in [9.17, 15) is 22.4 Å². The molecule has 1 aliphatic heterocycles. The minimum Gasteiger partial charge on any atom is -0.326 e. The highest BCUT2D eigenvalue weighted by Gasteiger charge is 2.29. The van der Waals surface area contributed by atoms with Crippen molar-refractivity contribution in [1.29, 1.82) is 0 Å². The molecule has 6 nitrogen and oxygen atoms in total. The molecule has 29 heavy (non-hydrogen) atoms. The van der Waals surface area contributed by atoms with Crippen LogP contribution < -0.4 is 10.6 Å². The molecule has 1 heterocycles. The van der Waals surface area contributed by atoms with Gasteiger partial charge in [0.05, 0.1) is 21.1 Å². The zero-order valence-electron chi connectivity index (χ0n) is 16.2. The van der Waals surface area contributed by atoms with E-state index in [-0.39, 0.29) is 22.5 Å². The fraction of sp³-hybridized carbons (Fsp3) is 0.300. The van der Waals surface area contributed by atoms with Gasteiger partial charge in [-0.15, -0.1) is 11.8 Å². The number of aryl methyl sites for hydroxylation is 1. The molecule has 9 heteroatoms. The summed E-state index contributed by atoms with van der Waals surface area (Å²) in [5.74, 6) is -1.07. The van der Waals surface area contributed by atoms with E-state index in [1.165, 1.54) is 49.0 Å². The quantitative estimate of drug-likeness (QED) is 0.745. The van der Waals surface area contributed by atoms with E-state index in [0.717, 1.165) is 4.90 Å². The fourth-order valence-corrected chi connectivity index (χ4v) is 5.24. The Morgan fingerprint density at radius 3 is 2.69 bits per heavy atom. The minimum absolute atomic E-state index is 0.0463. The zero-order valence-corrected chi connectivity index (χ0v) is 17.8. The Hall–Kier alpha value is -2.39. The smallest absolute Gasteiger partial charge is 0.237 e. The number of carbonyl (C=O) groups excluding carboxylic acids is 2. The summed E-state index contributed by atoms with van der Waals surface area (Å²) in [5.41, 5.74) is 1.44. The lowest BCUT2D eigenvalue weighted by molar-refractivity contribution is -0.116. The number of carbonyl (C=O) groups is 2. The van der Waals surface area contributed by atoms with Gasteiger partial charge < -0.3 is 10.6 Å². The molecule has 0 aliphatic carbocycles. The molecule has 0 spiro atoms. The minimum atomic E-state index is -3.79. The summed E-state index contributed by atoms with van der Waals surface area (Å²) in [5, 5.41) is 4.11. The third kappa shape index (κ3) is 4.62. The molecule has 2 aromatic carbocycles. The third-order valence-electron chi connectivity index (χ3n) is 4.68. The van der Waals surface area contributed by atoms with Crippen LogP contribution in [0, 0.1) is 12.7 Å². The van der Waals surface area contributed by atoms with E-state index in [0.29, 0.717) is 16.9 Å². The van der Waals surface area contributed by atoms with Gasteiger partial charge in [-0.1, -0.05) is 0 Å². The van der Waals surface area contributed by atoms with Crippen molar-refractivity contribution in [2.45, 2.75) is 47.5 Å². The van der Waals surface area contributed by atoms with E-state index in [1.54, 1.807) is 19.9 Å². The maximum Gasteiger partial charge on any atom is 0.237 e. The van der Waals surface area contributed by atoms with Gasteiger partial charge in [-0.25, -0.2) is 12.8 Å². The van der Waals surface area contributed by atoms with Crippen molar-refractivity contribution >= 4 is 44.8 Å². The molecule has 2 amide bonds. The normalized spacial score (nSPS) is 17.2. The number of rotatable bonds is 5. The van der Waals surface area contributed by atoms with Crippen LogP contribution in [0.2, 0.25) is 0 Å². The van der Waals surface area contributed by atoms with Gasteiger partial charge in [0.25, 0.3) is 0 Å². The van der Waals surface area contributed by atoms with E-state index in [1.807, 2.05) is 0 Å². The number of hydrogen-bond acceptors (Lipinski definition) is 5. The van der Waals surface area contributed by atoms with Crippen LogP contribution in [0.3, 0.4) is 0 Å². The van der Waals surface area contributed by atoms with E-state index in [4.69, 9.17) is 0 Å². The number of benzene rings is 2. The van der Waals surface area contributed by atoms with Crippen molar-refractivity contribution in [2.75, 3.05) is 10.6 Å². The van der Waals surface area contributed by atoms with Gasteiger partial charge in [0.15, 0.2) is 9.84 Å². The second-order valence-electron chi connectivity index (χ2n) is 6.97. The van der Waals surface area contributed by atoms with Crippen LogP contribution in [0.4, 0.5) is 15.8 Å². The molecule has 0 fully saturated rings. The number of fused-ring (bicyclic) bond motifs is 1. The van der Waals surface area contributed by atoms with Crippen molar-refractivity contribution in [3.8, 4) is 0 Å². The number of anilines is 2. The van der Waals surface area contributed by atoms with Crippen LogP contribution in [0.5, 0.6) is 0 Å². The summed E-state index contributed by atoms with van der Waals surface area (Å²) in [6.07, 6.45) is -0.256. The summed E-state index contributed by atoms with van der Waals surface area (Å²) < 4.78 is 39.0. The van der Waals surface area contributed by atoms with Crippen LogP contribution >= 0.6 is 11.8 Å². The molecule has 0 unspecified atom stereocenters. The largest absolute Gasteiger partial charge is 0.326 e. The molecule has 2 atom stereocenters. The number of sulfone groups is 1. The van der Waals surface area contributed by atoms with Crippen LogP contribution in [0.15, 0.2) is 46.2 Å².